The lowest BCUT2D eigenvalue weighted by Gasteiger charge is -2.31. The molecule has 134 valence electrons. The summed E-state index contributed by atoms with van der Waals surface area (Å²) in [7, 11) is 0. The van der Waals surface area contributed by atoms with Gasteiger partial charge in [-0.05, 0) is 49.3 Å². The number of ether oxygens (including phenoxy) is 1. The van der Waals surface area contributed by atoms with Gasteiger partial charge in [-0.1, -0.05) is 47.1 Å². The van der Waals surface area contributed by atoms with E-state index in [1.807, 2.05) is 33.8 Å². The number of aromatic carboxylic acids is 1. The Hall–Kier alpha value is -1.84. The number of carbonyl (C=O) groups is 2. The zero-order chi connectivity index (χ0) is 18.3. The molecule has 0 atom stereocenters. The lowest BCUT2D eigenvalue weighted by Crippen LogP contribution is -2.34. The lowest BCUT2D eigenvalue weighted by atomic mass is 9.90. The van der Waals surface area contributed by atoms with Gasteiger partial charge in [0.05, 0.1) is 11.1 Å². The van der Waals surface area contributed by atoms with Crippen LogP contribution in [0.25, 0.3) is 0 Å². The van der Waals surface area contributed by atoms with Gasteiger partial charge >= 0.3 is 11.9 Å². The van der Waals surface area contributed by atoms with Crippen molar-refractivity contribution in [2.75, 3.05) is 0 Å². The number of esters is 1. The van der Waals surface area contributed by atoms with Crippen LogP contribution in [0.1, 0.15) is 92.1 Å². The molecular weight excluding hydrogens is 304 g/mol. The van der Waals surface area contributed by atoms with E-state index in [1.165, 1.54) is 0 Å². The Balaban J connectivity index is 3.35. The number of carboxylic acid groups (broad SMARTS) is 1. The molecule has 0 aromatic heterocycles. The fourth-order valence-corrected chi connectivity index (χ4v) is 3.35. The molecule has 0 saturated carbocycles. The lowest BCUT2D eigenvalue weighted by molar-refractivity contribution is -0.0279. The van der Waals surface area contributed by atoms with Gasteiger partial charge in [0.2, 0.25) is 0 Å². The normalized spacial score (nSPS) is 11.4. The van der Waals surface area contributed by atoms with E-state index in [0.717, 1.165) is 43.2 Å². The zero-order valence-corrected chi connectivity index (χ0v) is 15.6. The first-order valence-corrected chi connectivity index (χ1v) is 9.00. The standard InChI is InChI=1S/C20H30O4/c1-6-13-20(9-4,10-5)24-19(23)16-12-11-14(7-2)15(8-3)17(16)18(21)22/h11-12H,6-10,13H2,1-5H3,(H,21,22). The summed E-state index contributed by atoms with van der Waals surface area (Å²) in [6.45, 7) is 9.96. The molecule has 0 bridgehead atoms. The summed E-state index contributed by atoms with van der Waals surface area (Å²) in [5.41, 5.74) is 1.45. The molecule has 0 unspecified atom stereocenters. The Kier molecular flexibility index (Phi) is 7.46. The molecule has 0 spiro atoms. The van der Waals surface area contributed by atoms with Crippen LogP contribution in [0.15, 0.2) is 12.1 Å². The van der Waals surface area contributed by atoms with Crippen LogP contribution in [0.2, 0.25) is 0 Å². The summed E-state index contributed by atoms with van der Waals surface area (Å²) in [6.07, 6.45) is 4.45. The predicted octanol–water partition coefficient (Wildman–Crippen LogP) is 5.03. The van der Waals surface area contributed by atoms with Crippen molar-refractivity contribution >= 4 is 11.9 Å². The fourth-order valence-electron chi connectivity index (χ4n) is 3.35. The maximum atomic E-state index is 12.8. The van der Waals surface area contributed by atoms with Gasteiger partial charge in [-0.25, -0.2) is 9.59 Å². The number of hydrogen-bond donors (Lipinski definition) is 1. The maximum absolute atomic E-state index is 12.8. The number of rotatable bonds is 9. The molecule has 4 heteroatoms. The zero-order valence-electron chi connectivity index (χ0n) is 15.6. The molecule has 0 aliphatic carbocycles. The highest BCUT2D eigenvalue weighted by Crippen LogP contribution is 2.29. The van der Waals surface area contributed by atoms with E-state index < -0.39 is 17.5 Å². The number of hydrogen-bond acceptors (Lipinski definition) is 3. The van der Waals surface area contributed by atoms with E-state index in [0.29, 0.717) is 6.42 Å². The molecule has 1 N–H and O–H groups in total. The van der Waals surface area contributed by atoms with Gasteiger partial charge in [0, 0.05) is 0 Å². The molecule has 24 heavy (non-hydrogen) atoms. The Morgan fingerprint density at radius 2 is 1.67 bits per heavy atom. The van der Waals surface area contributed by atoms with Gasteiger partial charge in [-0.15, -0.1) is 0 Å². The summed E-state index contributed by atoms with van der Waals surface area (Å²) in [5.74, 6) is -1.59. The van der Waals surface area contributed by atoms with Gasteiger partial charge < -0.3 is 9.84 Å². The fraction of sp³-hybridized carbons (Fsp3) is 0.600. The van der Waals surface area contributed by atoms with Crippen LogP contribution in [0.4, 0.5) is 0 Å². The second-order valence-corrected chi connectivity index (χ2v) is 6.17. The second-order valence-electron chi connectivity index (χ2n) is 6.17. The minimum Gasteiger partial charge on any atom is -0.478 e. The van der Waals surface area contributed by atoms with Crippen LogP contribution in [-0.2, 0) is 17.6 Å². The van der Waals surface area contributed by atoms with Crippen molar-refractivity contribution in [2.45, 2.75) is 78.7 Å². The van der Waals surface area contributed by atoms with Gasteiger partial charge in [-0.3, -0.25) is 0 Å². The summed E-state index contributed by atoms with van der Waals surface area (Å²) in [4.78, 5) is 24.6. The smallest absolute Gasteiger partial charge is 0.339 e. The monoisotopic (exact) mass is 334 g/mol. The van der Waals surface area contributed by atoms with Crippen molar-refractivity contribution in [3.05, 3.63) is 34.4 Å². The van der Waals surface area contributed by atoms with Crippen LogP contribution in [0.5, 0.6) is 0 Å². The topological polar surface area (TPSA) is 63.6 Å². The Morgan fingerprint density at radius 3 is 2.08 bits per heavy atom. The van der Waals surface area contributed by atoms with Crippen LogP contribution < -0.4 is 0 Å². The number of carbonyl (C=O) groups excluding carboxylic acids is 1. The highest BCUT2D eigenvalue weighted by Gasteiger charge is 2.32. The molecule has 1 aromatic carbocycles. The maximum Gasteiger partial charge on any atom is 0.339 e. The third-order valence-electron chi connectivity index (χ3n) is 4.88. The van der Waals surface area contributed by atoms with Crippen molar-refractivity contribution in [1.82, 2.24) is 0 Å². The number of aryl methyl sites for hydroxylation is 1. The third kappa shape index (κ3) is 4.16. The average molecular weight is 334 g/mol. The second kappa shape index (κ2) is 8.86. The molecule has 4 nitrogen and oxygen atoms in total. The summed E-state index contributed by atoms with van der Waals surface area (Å²) < 4.78 is 5.82. The Morgan fingerprint density at radius 1 is 1.04 bits per heavy atom. The minimum absolute atomic E-state index is 0.0967. The van der Waals surface area contributed by atoms with Crippen LogP contribution in [0.3, 0.4) is 0 Å². The van der Waals surface area contributed by atoms with E-state index in [-0.39, 0.29) is 11.1 Å². The molecule has 0 heterocycles. The van der Waals surface area contributed by atoms with Gasteiger partial charge in [0.25, 0.3) is 0 Å². The summed E-state index contributed by atoms with van der Waals surface area (Å²) in [5, 5.41) is 9.65. The SMILES string of the molecule is CCCC(CC)(CC)OC(=O)c1ccc(CC)c(CC)c1C(=O)O. The quantitative estimate of drug-likeness (QED) is 0.644. The van der Waals surface area contributed by atoms with Crippen LogP contribution in [0, 0.1) is 0 Å². The summed E-state index contributed by atoms with van der Waals surface area (Å²) in [6, 6.07) is 3.45. The van der Waals surface area contributed by atoms with Crippen LogP contribution in [-0.4, -0.2) is 22.6 Å². The van der Waals surface area contributed by atoms with Gasteiger partial charge in [0.15, 0.2) is 0 Å². The van der Waals surface area contributed by atoms with E-state index >= 15 is 0 Å². The molecular formula is C20H30O4. The van der Waals surface area contributed by atoms with Gasteiger partial charge in [0.1, 0.15) is 5.60 Å². The van der Waals surface area contributed by atoms with Crippen molar-refractivity contribution < 1.29 is 19.4 Å². The Labute approximate surface area is 145 Å². The molecule has 0 fully saturated rings. The first-order chi connectivity index (χ1) is 11.4. The molecule has 1 rings (SSSR count). The molecule has 0 amide bonds. The molecule has 1 aromatic rings. The minimum atomic E-state index is -1.07. The molecule has 0 saturated heterocycles. The first kappa shape index (κ1) is 20.2. The number of carboxylic acids is 1. The van der Waals surface area contributed by atoms with Crippen molar-refractivity contribution in [2.24, 2.45) is 0 Å². The third-order valence-corrected chi connectivity index (χ3v) is 4.88. The first-order valence-electron chi connectivity index (χ1n) is 9.00. The highest BCUT2D eigenvalue weighted by atomic mass is 16.6. The molecule has 0 aliphatic heterocycles. The molecule has 0 aliphatic rings. The van der Waals surface area contributed by atoms with Gasteiger partial charge in [-0.2, -0.15) is 0 Å². The summed E-state index contributed by atoms with van der Waals surface area (Å²) >= 11 is 0. The van der Waals surface area contributed by atoms with Crippen LogP contribution >= 0.6 is 0 Å². The predicted molar refractivity (Wildman–Crippen MR) is 95.8 cm³/mol. The highest BCUT2D eigenvalue weighted by molar-refractivity contribution is 6.04. The largest absolute Gasteiger partial charge is 0.478 e. The van der Waals surface area contributed by atoms with E-state index in [9.17, 15) is 14.7 Å². The van der Waals surface area contributed by atoms with E-state index in [4.69, 9.17) is 4.74 Å². The van der Waals surface area contributed by atoms with Crippen molar-refractivity contribution in [1.29, 1.82) is 0 Å². The van der Waals surface area contributed by atoms with Crippen molar-refractivity contribution in [3.8, 4) is 0 Å². The Bertz CT molecular complexity index is 586. The van der Waals surface area contributed by atoms with Crippen molar-refractivity contribution in [3.63, 3.8) is 0 Å². The van der Waals surface area contributed by atoms with E-state index in [2.05, 4.69) is 6.92 Å². The number of benzene rings is 1. The van der Waals surface area contributed by atoms with E-state index in [1.54, 1.807) is 6.07 Å². The molecule has 0 radical (unpaired) electrons. The average Bonchev–Trinajstić information content (AvgIpc) is 2.59.